The minimum Gasteiger partial charge on any atom is -0.493 e. The number of sulfonamides is 2. The molecule has 0 spiro atoms. The molecule has 0 unspecified atom stereocenters. The van der Waals surface area contributed by atoms with Crippen LogP contribution in [0.4, 0.5) is 19.0 Å². The molecule has 21 heteroatoms. The van der Waals surface area contributed by atoms with Gasteiger partial charge < -0.3 is 24.0 Å². The minimum absolute atomic E-state index is 0.0640. The first-order valence-electron chi connectivity index (χ1n) is 20.1. The molecule has 2 aromatic heterocycles. The molecule has 2 saturated heterocycles. The second-order valence-electron chi connectivity index (χ2n) is 15.2. The number of hydrogen-bond donors (Lipinski definition) is 0. The molecule has 0 amide bonds. The Labute approximate surface area is 395 Å². The second kappa shape index (κ2) is 20.1. The fraction of sp³-hybridized carbons (Fsp3) is 0.318. The Morgan fingerprint density at radius 2 is 1.00 bits per heavy atom. The predicted octanol–water partition coefficient (Wildman–Crippen LogP) is 9.18. The summed E-state index contributed by atoms with van der Waals surface area (Å²) in [5, 5.41) is 5.42. The maximum Gasteiger partial charge on any atom is 0.244 e. The van der Waals surface area contributed by atoms with Gasteiger partial charge in [0, 0.05) is 74.2 Å². The number of thiazole rings is 2. The lowest BCUT2D eigenvalue weighted by atomic mass is 9.98. The zero-order valence-corrected chi connectivity index (χ0v) is 41.0. The summed E-state index contributed by atoms with van der Waals surface area (Å²) in [6.07, 6.45) is 0. The van der Waals surface area contributed by atoms with Gasteiger partial charge in [0.2, 0.25) is 25.8 Å². The quantitative estimate of drug-likeness (QED) is 0.123. The van der Waals surface area contributed by atoms with Gasteiger partial charge in [-0.1, -0.05) is 40.9 Å². The van der Waals surface area contributed by atoms with Crippen LogP contribution in [0.2, 0.25) is 10.0 Å². The third-order valence-corrected chi connectivity index (χ3v) is 17.5. The van der Waals surface area contributed by atoms with Crippen molar-refractivity contribution in [3.63, 3.8) is 0 Å². The molecule has 0 N–H and O–H groups in total. The van der Waals surface area contributed by atoms with Crippen LogP contribution in [0.1, 0.15) is 16.7 Å². The smallest absolute Gasteiger partial charge is 0.244 e. The summed E-state index contributed by atoms with van der Waals surface area (Å²) in [6, 6.07) is 14.6. The molecule has 6 aromatic rings. The lowest BCUT2D eigenvalue weighted by Crippen LogP contribution is -2.48. The SMILES string of the molecule is COc1cc(-c2csc(N3CCN(S(=O)(=O)c4ccc(F)cc4Cl)CC3)n2)cc(OC)c1OC.Cc1cc(C)c(-c2csc(N3CCN(S(=O)(=O)c4ccc(F)cc4Cl)CC3)n2)c(C)c1. The van der Waals surface area contributed by atoms with E-state index in [9.17, 15) is 25.6 Å². The molecule has 0 bridgehead atoms. The monoisotopic (exact) mass is 1010 g/mol. The fourth-order valence-electron chi connectivity index (χ4n) is 7.77. The number of hydrogen-bond acceptors (Lipinski definition) is 13. The van der Waals surface area contributed by atoms with Crippen LogP contribution >= 0.6 is 45.9 Å². The molecular formula is C44H46Cl2F2N6O7S4. The molecule has 2 fully saturated rings. The molecule has 0 atom stereocenters. The standard InChI is InChI=1S/C22H23ClFN3O5S2.C22H23ClFN3O2S2/c1-30-18-10-14(11-19(31-2)21(18)32-3)17-13-33-22(25-17)26-6-8-27(9-7-26)34(28,29)20-5-4-15(24)12-16(20)23;1-14-10-15(2)21(16(3)11-14)19-13-30-22(25-19)26-6-8-27(9-7-26)31(28,29)20-5-4-17(24)12-18(20)23/h4-5,10-13H,6-9H2,1-3H3;4-5,10-13H,6-9H2,1-3H3. The maximum absolute atomic E-state index is 13.3. The van der Waals surface area contributed by atoms with E-state index >= 15 is 0 Å². The Hall–Kier alpha value is -4.60. The molecule has 8 rings (SSSR count). The van der Waals surface area contributed by atoms with E-state index in [1.807, 2.05) is 22.4 Å². The highest BCUT2D eigenvalue weighted by molar-refractivity contribution is 7.89. The van der Waals surface area contributed by atoms with Crippen LogP contribution in [0, 0.1) is 32.4 Å². The van der Waals surface area contributed by atoms with Crippen molar-refractivity contribution in [2.75, 3.05) is 83.5 Å². The molecule has 346 valence electrons. The van der Waals surface area contributed by atoms with Crippen molar-refractivity contribution >= 4 is 76.2 Å². The molecule has 65 heavy (non-hydrogen) atoms. The first-order chi connectivity index (χ1) is 30.9. The van der Waals surface area contributed by atoms with Crippen molar-refractivity contribution < 1.29 is 39.8 Å². The highest BCUT2D eigenvalue weighted by Crippen LogP contribution is 2.42. The molecule has 2 aliphatic rings. The molecular weight excluding hydrogens is 962 g/mol. The molecule has 2 aliphatic heterocycles. The van der Waals surface area contributed by atoms with Gasteiger partial charge in [0.1, 0.15) is 21.4 Å². The van der Waals surface area contributed by atoms with Gasteiger partial charge >= 0.3 is 0 Å². The van der Waals surface area contributed by atoms with Gasteiger partial charge in [-0.05, 0) is 80.4 Å². The van der Waals surface area contributed by atoms with E-state index in [1.165, 1.54) is 48.8 Å². The normalized spacial score (nSPS) is 15.1. The van der Waals surface area contributed by atoms with E-state index in [-0.39, 0.29) is 32.9 Å². The van der Waals surface area contributed by atoms with Crippen molar-refractivity contribution in [3.05, 3.63) is 110 Å². The molecule has 0 radical (unpaired) electrons. The number of piperazine rings is 2. The van der Waals surface area contributed by atoms with Gasteiger partial charge in [-0.2, -0.15) is 8.61 Å². The van der Waals surface area contributed by atoms with Gasteiger partial charge in [0.15, 0.2) is 21.8 Å². The van der Waals surface area contributed by atoms with E-state index in [1.54, 1.807) is 32.7 Å². The van der Waals surface area contributed by atoms with Crippen LogP contribution in [0.25, 0.3) is 22.5 Å². The second-order valence-corrected chi connectivity index (χ2v) is 21.5. The number of benzene rings is 4. The number of nitrogens with zero attached hydrogens (tertiary/aromatic N) is 6. The molecule has 13 nitrogen and oxygen atoms in total. The Kier molecular flexibility index (Phi) is 14.9. The fourth-order valence-corrected chi connectivity index (χ4v) is 13.4. The van der Waals surface area contributed by atoms with Crippen LogP contribution in [0.15, 0.2) is 81.2 Å². The topological polar surface area (TPSA) is 135 Å². The number of anilines is 2. The zero-order valence-electron chi connectivity index (χ0n) is 36.3. The number of aryl methyl sites for hydroxylation is 3. The summed E-state index contributed by atoms with van der Waals surface area (Å²) < 4.78 is 97.5. The van der Waals surface area contributed by atoms with E-state index < -0.39 is 31.7 Å². The number of rotatable bonds is 11. The summed E-state index contributed by atoms with van der Waals surface area (Å²) in [5.74, 6) is 0.421. The summed E-state index contributed by atoms with van der Waals surface area (Å²) in [7, 11) is -2.94. The van der Waals surface area contributed by atoms with E-state index in [0.717, 1.165) is 57.0 Å². The Morgan fingerprint density at radius 1 is 0.585 bits per heavy atom. The summed E-state index contributed by atoms with van der Waals surface area (Å²) in [4.78, 5) is 13.6. The Morgan fingerprint density at radius 3 is 1.40 bits per heavy atom. The summed E-state index contributed by atoms with van der Waals surface area (Å²) >= 11 is 15.0. The third-order valence-electron chi connectivity index (χ3n) is 10.9. The average Bonchev–Trinajstić information content (AvgIpc) is 3.97. The number of ether oxygens (including phenoxy) is 3. The van der Waals surface area contributed by atoms with Crippen LogP contribution < -0.4 is 24.0 Å². The first kappa shape index (κ1) is 48.3. The molecule has 4 aromatic carbocycles. The van der Waals surface area contributed by atoms with Crippen molar-refractivity contribution in [3.8, 4) is 39.8 Å². The van der Waals surface area contributed by atoms with Crippen LogP contribution in [-0.4, -0.2) is 109 Å². The highest BCUT2D eigenvalue weighted by Gasteiger charge is 2.33. The molecule has 4 heterocycles. The lowest BCUT2D eigenvalue weighted by molar-refractivity contribution is 0.324. The maximum atomic E-state index is 13.3. The van der Waals surface area contributed by atoms with Crippen molar-refractivity contribution in [2.45, 2.75) is 30.6 Å². The Balaban J connectivity index is 0.000000195. The van der Waals surface area contributed by atoms with Crippen LogP contribution in [0.3, 0.4) is 0 Å². The Bertz CT molecular complexity index is 2870. The zero-order chi connectivity index (χ0) is 46.8. The highest BCUT2D eigenvalue weighted by atomic mass is 35.5. The molecule has 0 aliphatic carbocycles. The van der Waals surface area contributed by atoms with E-state index in [0.29, 0.717) is 56.5 Å². The van der Waals surface area contributed by atoms with Crippen molar-refractivity contribution in [1.29, 1.82) is 0 Å². The van der Waals surface area contributed by atoms with Gasteiger partial charge in [0.25, 0.3) is 0 Å². The van der Waals surface area contributed by atoms with Gasteiger partial charge in [0.05, 0.1) is 42.8 Å². The van der Waals surface area contributed by atoms with Crippen molar-refractivity contribution in [1.82, 2.24) is 18.6 Å². The largest absolute Gasteiger partial charge is 0.493 e. The van der Waals surface area contributed by atoms with Crippen molar-refractivity contribution in [2.24, 2.45) is 0 Å². The average molecular weight is 1010 g/mol. The van der Waals surface area contributed by atoms with Gasteiger partial charge in [-0.15, -0.1) is 22.7 Å². The summed E-state index contributed by atoms with van der Waals surface area (Å²) in [5.41, 5.74) is 7.27. The number of halogens is 4. The van der Waals surface area contributed by atoms with Gasteiger partial charge in [-0.3, -0.25) is 0 Å². The molecule has 0 saturated carbocycles. The summed E-state index contributed by atoms with van der Waals surface area (Å²) in [6.45, 7) is 9.39. The van der Waals surface area contributed by atoms with Crippen LogP contribution in [0.5, 0.6) is 17.2 Å². The van der Waals surface area contributed by atoms with Gasteiger partial charge in [-0.25, -0.2) is 35.6 Å². The van der Waals surface area contributed by atoms with E-state index in [4.69, 9.17) is 47.4 Å². The number of aromatic nitrogens is 2. The number of methoxy groups -OCH3 is 3. The minimum atomic E-state index is -3.82. The van der Waals surface area contributed by atoms with E-state index in [2.05, 4.69) is 43.2 Å². The third kappa shape index (κ3) is 10.4. The predicted molar refractivity (Wildman–Crippen MR) is 254 cm³/mol. The first-order valence-corrected chi connectivity index (χ1v) is 25.5. The van der Waals surface area contributed by atoms with Crippen LogP contribution in [-0.2, 0) is 20.0 Å². The lowest BCUT2D eigenvalue weighted by Gasteiger charge is -2.33.